The number of halogens is 4. The molecule has 1 amide bonds. The Kier molecular flexibility index (Phi) is 6.42. The van der Waals surface area contributed by atoms with E-state index in [-0.39, 0.29) is 18.6 Å². The topological polar surface area (TPSA) is 58.6 Å². The number of amides is 1. The summed E-state index contributed by atoms with van der Waals surface area (Å²) in [5.74, 6) is -4.41. The van der Waals surface area contributed by atoms with E-state index in [2.05, 4.69) is 10.1 Å². The summed E-state index contributed by atoms with van der Waals surface area (Å²) in [6, 6.07) is 0.697. The first kappa shape index (κ1) is 18.5. The number of hydrogen-bond donors (Lipinski definition) is 2. The van der Waals surface area contributed by atoms with Gasteiger partial charge >= 0.3 is 6.61 Å². The standard InChI is InChI=1S/C16H19F4NO3/c17-11-6-10(24-16(19)20)7-12(18)14(11)15(23)21-13-5-3-1-2-4-9(13)8-22/h6-7,9,13,16,22H,1-5,8H2,(H,21,23). The summed E-state index contributed by atoms with van der Waals surface area (Å²) in [5, 5.41) is 12.0. The third kappa shape index (κ3) is 4.59. The van der Waals surface area contributed by atoms with Gasteiger partial charge in [-0.2, -0.15) is 8.78 Å². The third-order valence-electron chi connectivity index (χ3n) is 4.18. The van der Waals surface area contributed by atoms with Crippen molar-refractivity contribution in [3.05, 3.63) is 29.3 Å². The van der Waals surface area contributed by atoms with E-state index in [4.69, 9.17) is 0 Å². The Morgan fingerprint density at radius 2 is 1.83 bits per heavy atom. The van der Waals surface area contributed by atoms with Gasteiger partial charge in [-0.1, -0.05) is 19.3 Å². The van der Waals surface area contributed by atoms with Gasteiger partial charge in [0.15, 0.2) is 0 Å². The summed E-state index contributed by atoms with van der Waals surface area (Å²) in [4.78, 5) is 12.2. The van der Waals surface area contributed by atoms with E-state index in [1.807, 2.05) is 0 Å². The van der Waals surface area contributed by atoms with Gasteiger partial charge in [0.1, 0.15) is 22.9 Å². The van der Waals surface area contributed by atoms with E-state index in [1.165, 1.54) is 0 Å². The second kappa shape index (κ2) is 8.32. The third-order valence-corrected chi connectivity index (χ3v) is 4.18. The maximum atomic E-state index is 14.0. The first-order chi connectivity index (χ1) is 11.4. The number of carbonyl (C=O) groups excluding carboxylic acids is 1. The molecule has 0 radical (unpaired) electrons. The van der Waals surface area contributed by atoms with Gasteiger partial charge in [-0.05, 0) is 12.8 Å². The van der Waals surface area contributed by atoms with E-state index in [0.29, 0.717) is 25.0 Å². The predicted molar refractivity (Wildman–Crippen MR) is 77.9 cm³/mol. The summed E-state index contributed by atoms with van der Waals surface area (Å²) in [6.07, 6.45) is 4.04. The largest absolute Gasteiger partial charge is 0.435 e. The molecule has 0 aliphatic heterocycles. The fourth-order valence-corrected chi connectivity index (χ4v) is 2.97. The minimum atomic E-state index is -3.22. The van der Waals surface area contributed by atoms with Crippen molar-refractivity contribution in [2.24, 2.45) is 5.92 Å². The van der Waals surface area contributed by atoms with E-state index < -0.39 is 35.5 Å². The van der Waals surface area contributed by atoms with Crippen LogP contribution in [0.15, 0.2) is 12.1 Å². The van der Waals surface area contributed by atoms with Crippen LogP contribution in [0.5, 0.6) is 5.75 Å². The highest BCUT2D eigenvalue weighted by Gasteiger charge is 2.27. The zero-order chi connectivity index (χ0) is 17.7. The van der Waals surface area contributed by atoms with Crippen molar-refractivity contribution < 1.29 is 32.2 Å². The molecule has 134 valence electrons. The Balaban J connectivity index is 2.16. The fourth-order valence-electron chi connectivity index (χ4n) is 2.97. The summed E-state index contributed by atoms with van der Waals surface area (Å²) in [7, 11) is 0. The van der Waals surface area contributed by atoms with Crippen LogP contribution in [-0.2, 0) is 0 Å². The quantitative estimate of drug-likeness (QED) is 0.634. The molecule has 0 heterocycles. The molecule has 2 unspecified atom stereocenters. The molecule has 1 aliphatic rings. The number of benzene rings is 1. The maximum Gasteiger partial charge on any atom is 0.387 e. The number of rotatable bonds is 5. The second-order valence-electron chi connectivity index (χ2n) is 5.80. The number of ether oxygens (including phenoxy) is 1. The van der Waals surface area contributed by atoms with Gasteiger partial charge in [-0.15, -0.1) is 0 Å². The molecule has 0 spiro atoms. The number of alkyl halides is 2. The molecule has 24 heavy (non-hydrogen) atoms. The van der Waals surface area contributed by atoms with E-state index in [1.54, 1.807) is 0 Å². The van der Waals surface area contributed by atoms with Gasteiger partial charge in [0.25, 0.3) is 5.91 Å². The van der Waals surface area contributed by atoms with E-state index in [0.717, 1.165) is 19.3 Å². The fraction of sp³-hybridized carbons (Fsp3) is 0.562. The number of aliphatic hydroxyl groups excluding tert-OH is 1. The summed E-state index contributed by atoms with van der Waals surface area (Å²) >= 11 is 0. The lowest BCUT2D eigenvalue weighted by molar-refractivity contribution is -0.0501. The van der Waals surface area contributed by atoms with Crippen LogP contribution in [-0.4, -0.2) is 30.3 Å². The SMILES string of the molecule is O=C(NC1CCCCCC1CO)c1c(F)cc(OC(F)F)cc1F. The van der Waals surface area contributed by atoms with Gasteiger partial charge < -0.3 is 15.2 Å². The molecule has 1 fully saturated rings. The smallest absolute Gasteiger partial charge is 0.387 e. The summed E-state index contributed by atoms with van der Waals surface area (Å²) in [6.45, 7) is -3.35. The van der Waals surface area contributed by atoms with Crippen molar-refractivity contribution in [1.82, 2.24) is 5.32 Å². The van der Waals surface area contributed by atoms with Crippen LogP contribution >= 0.6 is 0 Å². The highest BCUT2D eigenvalue weighted by atomic mass is 19.3. The molecule has 0 bridgehead atoms. The lowest BCUT2D eigenvalue weighted by Gasteiger charge is -2.24. The van der Waals surface area contributed by atoms with Gasteiger partial charge in [0.05, 0.1) is 0 Å². The first-order valence-electron chi connectivity index (χ1n) is 7.78. The highest BCUT2D eigenvalue weighted by Crippen LogP contribution is 2.25. The molecule has 1 aromatic carbocycles. The molecule has 1 aromatic rings. The molecule has 1 aliphatic carbocycles. The zero-order valence-electron chi connectivity index (χ0n) is 12.9. The lowest BCUT2D eigenvalue weighted by Crippen LogP contribution is -2.41. The van der Waals surface area contributed by atoms with Crippen LogP contribution in [0.2, 0.25) is 0 Å². The summed E-state index contributed by atoms with van der Waals surface area (Å²) < 4.78 is 56.0. The normalized spacial score (nSPS) is 21.4. The molecule has 2 rings (SSSR count). The Labute approximate surface area is 136 Å². The highest BCUT2D eigenvalue weighted by molar-refractivity contribution is 5.95. The summed E-state index contributed by atoms with van der Waals surface area (Å²) in [5.41, 5.74) is -0.849. The van der Waals surface area contributed by atoms with Crippen LogP contribution in [0, 0.1) is 17.6 Å². The number of nitrogens with one attached hydrogen (secondary N) is 1. The Morgan fingerprint density at radius 1 is 1.21 bits per heavy atom. The average molecular weight is 349 g/mol. The molecule has 2 atom stereocenters. The monoisotopic (exact) mass is 349 g/mol. The second-order valence-corrected chi connectivity index (χ2v) is 5.80. The van der Waals surface area contributed by atoms with Gasteiger partial charge in [0, 0.05) is 30.7 Å². The van der Waals surface area contributed by atoms with Crippen molar-refractivity contribution in [2.45, 2.75) is 44.8 Å². The molecular weight excluding hydrogens is 330 g/mol. The molecular formula is C16H19F4NO3. The zero-order valence-corrected chi connectivity index (χ0v) is 12.9. The van der Waals surface area contributed by atoms with Gasteiger partial charge in [-0.25, -0.2) is 8.78 Å². The van der Waals surface area contributed by atoms with Gasteiger partial charge in [-0.3, -0.25) is 4.79 Å². The molecule has 2 N–H and O–H groups in total. The van der Waals surface area contributed by atoms with Crippen molar-refractivity contribution in [1.29, 1.82) is 0 Å². The number of aliphatic hydroxyl groups is 1. The number of carbonyl (C=O) groups is 1. The van der Waals surface area contributed by atoms with Crippen molar-refractivity contribution in [3.63, 3.8) is 0 Å². The maximum absolute atomic E-state index is 14.0. The van der Waals surface area contributed by atoms with E-state index >= 15 is 0 Å². The van der Waals surface area contributed by atoms with E-state index in [9.17, 15) is 27.5 Å². The van der Waals surface area contributed by atoms with Crippen molar-refractivity contribution >= 4 is 5.91 Å². The molecule has 8 heteroatoms. The van der Waals surface area contributed by atoms with Crippen LogP contribution in [0.4, 0.5) is 17.6 Å². The molecule has 1 saturated carbocycles. The average Bonchev–Trinajstić information content (AvgIpc) is 2.70. The first-order valence-corrected chi connectivity index (χ1v) is 7.78. The van der Waals surface area contributed by atoms with Crippen LogP contribution in [0.3, 0.4) is 0 Å². The lowest BCUT2D eigenvalue weighted by atomic mass is 9.95. The van der Waals surface area contributed by atoms with Crippen LogP contribution < -0.4 is 10.1 Å². The van der Waals surface area contributed by atoms with Crippen molar-refractivity contribution in [3.8, 4) is 5.75 Å². The number of hydrogen-bond acceptors (Lipinski definition) is 3. The predicted octanol–water partition coefficient (Wildman–Crippen LogP) is 3.24. The minimum Gasteiger partial charge on any atom is -0.435 e. The van der Waals surface area contributed by atoms with Crippen molar-refractivity contribution in [2.75, 3.05) is 6.61 Å². The molecule has 0 saturated heterocycles. The molecule has 4 nitrogen and oxygen atoms in total. The Bertz CT molecular complexity index is 559. The minimum absolute atomic E-state index is 0.128. The Hall–Kier alpha value is -1.83. The van der Waals surface area contributed by atoms with Gasteiger partial charge in [0.2, 0.25) is 0 Å². The van der Waals surface area contributed by atoms with Crippen LogP contribution in [0.25, 0.3) is 0 Å². The Morgan fingerprint density at radius 3 is 2.42 bits per heavy atom. The molecule has 0 aromatic heterocycles. The van der Waals surface area contributed by atoms with Crippen LogP contribution in [0.1, 0.15) is 42.5 Å².